The Labute approximate surface area is 214 Å². The van der Waals surface area contributed by atoms with E-state index in [1.165, 1.54) is 30.6 Å². The van der Waals surface area contributed by atoms with Crippen molar-refractivity contribution < 1.29 is 26.3 Å². The monoisotopic (exact) mass is 598 g/mol. The highest BCUT2D eigenvalue weighted by Gasteiger charge is 2.36. The number of likely N-dealkylation sites (tertiary alicyclic amines) is 1. The van der Waals surface area contributed by atoms with Gasteiger partial charge in [0.25, 0.3) is 10.0 Å². The van der Waals surface area contributed by atoms with Gasteiger partial charge < -0.3 is 9.64 Å². The number of hydrogen-bond donors (Lipinski definition) is 1. The summed E-state index contributed by atoms with van der Waals surface area (Å²) in [5.74, 6) is -0.367. The summed E-state index contributed by atoms with van der Waals surface area (Å²) in [6, 6.07) is 4.65. The number of thioether (sulfide) groups is 1. The van der Waals surface area contributed by atoms with Crippen molar-refractivity contribution in [2.24, 2.45) is 0 Å². The lowest BCUT2D eigenvalue weighted by molar-refractivity contribution is -0.139. The Bertz CT molecular complexity index is 1120. The van der Waals surface area contributed by atoms with Gasteiger partial charge >= 0.3 is 6.18 Å². The molecule has 1 aliphatic heterocycles. The number of rotatable bonds is 7. The molecule has 1 atom stereocenters. The van der Waals surface area contributed by atoms with Crippen LogP contribution in [0.2, 0.25) is 0 Å². The number of nitrogens with one attached hydrogen (secondary N) is 1. The fraction of sp³-hybridized carbons (Fsp3) is 0.545. The Hall–Kier alpha value is -0.950. The number of hydrogen-bond acceptors (Lipinski definition) is 6. The molecule has 2 fully saturated rings. The van der Waals surface area contributed by atoms with E-state index in [0.29, 0.717) is 18.2 Å². The van der Waals surface area contributed by atoms with Gasteiger partial charge in [-0.15, -0.1) is 23.1 Å². The SMILES string of the molecule is CN1CC[C@@H](Oc2cc(NS(=O)(=O)c3cc(Br)c(SC4CCCCC4)s3)ccc2C(F)(F)F)C1. The molecule has 0 amide bonds. The van der Waals surface area contributed by atoms with Crippen molar-refractivity contribution in [1.82, 2.24) is 4.90 Å². The third kappa shape index (κ3) is 6.43. The van der Waals surface area contributed by atoms with E-state index in [-0.39, 0.29) is 21.8 Å². The Kier molecular flexibility index (Phi) is 8.13. The third-order valence-electron chi connectivity index (χ3n) is 5.90. The van der Waals surface area contributed by atoms with Crippen molar-refractivity contribution in [2.45, 2.75) is 64.5 Å². The number of alkyl halides is 3. The molecule has 2 heterocycles. The molecule has 0 unspecified atom stereocenters. The van der Waals surface area contributed by atoms with Crippen LogP contribution in [0.3, 0.4) is 0 Å². The minimum atomic E-state index is -4.61. The number of anilines is 1. The summed E-state index contributed by atoms with van der Waals surface area (Å²) >= 11 is 6.32. The van der Waals surface area contributed by atoms with Gasteiger partial charge in [0.2, 0.25) is 0 Å². The van der Waals surface area contributed by atoms with Crippen molar-refractivity contribution in [2.75, 3.05) is 24.9 Å². The van der Waals surface area contributed by atoms with E-state index in [4.69, 9.17) is 4.74 Å². The largest absolute Gasteiger partial charge is 0.488 e. The molecule has 1 saturated carbocycles. The molecule has 2 aliphatic rings. The molecule has 4 rings (SSSR count). The van der Waals surface area contributed by atoms with Crippen LogP contribution in [0.5, 0.6) is 5.75 Å². The number of halogens is 4. The first-order chi connectivity index (χ1) is 16.0. The summed E-state index contributed by atoms with van der Waals surface area (Å²) in [6.45, 7) is 1.24. The Balaban J connectivity index is 1.54. The summed E-state index contributed by atoms with van der Waals surface area (Å²) in [6.07, 6.45) is 1.44. The standard InChI is InChI=1S/C22H26BrF3N2O3S3/c1-28-10-9-15(13-28)31-19-11-14(7-8-17(19)22(24,25)26)27-34(29,30)20-12-18(23)21(33-20)32-16-5-3-2-4-6-16/h7-8,11-12,15-16,27H,2-6,9-10,13H2,1H3/t15-/m1/s1. The zero-order chi connectivity index (χ0) is 24.5. The fourth-order valence-corrected chi connectivity index (χ4v) is 9.44. The fourth-order valence-electron chi connectivity index (χ4n) is 4.17. The van der Waals surface area contributed by atoms with Crippen LogP contribution in [-0.2, 0) is 16.2 Å². The van der Waals surface area contributed by atoms with Gasteiger partial charge in [-0.3, -0.25) is 4.72 Å². The van der Waals surface area contributed by atoms with Crippen molar-refractivity contribution in [3.63, 3.8) is 0 Å². The Morgan fingerprint density at radius 3 is 2.56 bits per heavy atom. The molecule has 5 nitrogen and oxygen atoms in total. The molecule has 1 saturated heterocycles. The lowest BCUT2D eigenvalue weighted by atomic mass is 10.0. The summed E-state index contributed by atoms with van der Waals surface area (Å²) in [4.78, 5) is 1.97. The van der Waals surface area contributed by atoms with Crippen molar-refractivity contribution in [1.29, 1.82) is 0 Å². The number of likely N-dealkylation sites (N-methyl/N-ethyl adjacent to an activating group) is 1. The highest BCUT2D eigenvalue weighted by atomic mass is 79.9. The first-order valence-corrected chi connectivity index (χ1v) is 15.0. The number of sulfonamides is 1. The van der Waals surface area contributed by atoms with Crippen molar-refractivity contribution >= 4 is 54.7 Å². The molecular formula is C22H26BrF3N2O3S3. The van der Waals surface area contributed by atoms with Crippen molar-refractivity contribution in [3.8, 4) is 5.75 Å². The smallest absolute Gasteiger partial charge is 0.419 e. The topological polar surface area (TPSA) is 58.6 Å². The summed E-state index contributed by atoms with van der Waals surface area (Å²) in [5, 5.41) is 0.469. The quantitative estimate of drug-likeness (QED) is 0.378. The first kappa shape index (κ1) is 26.1. The van der Waals surface area contributed by atoms with E-state index >= 15 is 0 Å². The minimum Gasteiger partial charge on any atom is -0.488 e. The van der Waals surface area contributed by atoms with E-state index in [1.54, 1.807) is 17.8 Å². The van der Waals surface area contributed by atoms with Crippen molar-refractivity contribution in [3.05, 3.63) is 34.3 Å². The number of benzene rings is 1. The molecule has 1 aromatic carbocycles. The van der Waals surface area contributed by atoms with E-state index in [2.05, 4.69) is 20.7 Å². The van der Waals surface area contributed by atoms with E-state index in [0.717, 1.165) is 46.3 Å². The summed E-state index contributed by atoms with van der Waals surface area (Å²) < 4.78 is 76.5. The molecule has 0 bridgehead atoms. The van der Waals surface area contributed by atoms with Crippen LogP contribution in [0.15, 0.2) is 37.2 Å². The second-order valence-electron chi connectivity index (χ2n) is 8.68. The van der Waals surface area contributed by atoms with Crippen LogP contribution >= 0.6 is 39.0 Å². The average Bonchev–Trinajstić information content (AvgIpc) is 3.33. The highest BCUT2D eigenvalue weighted by Crippen LogP contribution is 2.44. The molecule has 1 N–H and O–H groups in total. The van der Waals surface area contributed by atoms with Gasteiger partial charge in [0, 0.05) is 28.9 Å². The molecule has 0 spiro atoms. The molecule has 2 aromatic rings. The van der Waals surface area contributed by atoms with E-state index in [9.17, 15) is 21.6 Å². The minimum absolute atomic E-state index is 0.0281. The lowest BCUT2D eigenvalue weighted by Crippen LogP contribution is -2.23. The Morgan fingerprint density at radius 2 is 1.91 bits per heavy atom. The molecular weight excluding hydrogens is 573 g/mol. The van der Waals surface area contributed by atoms with Gasteiger partial charge in [0.05, 0.1) is 15.5 Å². The van der Waals surface area contributed by atoms with Gasteiger partial charge in [0.15, 0.2) is 0 Å². The molecule has 0 radical (unpaired) electrons. The van der Waals surface area contributed by atoms with Gasteiger partial charge in [-0.25, -0.2) is 8.42 Å². The van der Waals surface area contributed by atoms with Gasteiger partial charge in [-0.1, -0.05) is 19.3 Å². The summed E-state index contributed by atoms with van der Waals surface area (Å²) in [7, 11) is -2.10. The first-order valence-electron chi connectivity index (χ1n) is 11.1. The maximum Gasteiger partial charge on any atom is 0.419 e. The van der Waals surface area contributed by atoms with Crippen LogP contribution in [-0.4, -0.2) is 44.8 Å². The molecule has 12 heteroatoms. The van der Waals surface area contributed by atoms with Gasteiger partial charge in [-0.2, -0.15) is 13.2 Å². The predicted octanol–water partition coefficient (Wildman–Crippen LogP) is 6.84. The second-order valence-corrected chi connectivity index (χ2v) is 14.1. The van der Waals surface area contributed by atoms with Crippen LogP contribution in [0.1, 0.15) is 44.1 Å². The zero-order valence-corrected chi connectivity index (χ0v) is 22.6. The number of thiophene rings is 1. The van der Waals surface area contributed by atoms with Crippen LogP contribution in [0, 0.1) is 0 Å². The zero-order valence-electron chi connectivity index (χ0n) is 18.5. The van der Waals surface area contributed by atoms with Crippen LogP contribution < -0.4 is 9.46 Å². The van der Waals surface area contributed by atoms with Gasteiger partial charge in [-0.05, 0) is 60.4 Å². The molecule has 34 heavy (non-hydrogen) atoms. The van der Waals surface area contributed by atoms with Gasteiger partial charge in [0.1, 0.15) is 16.1 Å². The number of ether oxygens (including phenoxy) is 1. The maximum atomic E-state index is 13.5. The van der Waals surface area contributed by atoms with E-state index < -0.39 is 21.8 Å². The number of nitrogens with zero attached hydrogens (tertiary/aromatic N) is 1. The second kappa shape index (κ2) is 10.6. The molecule has 1 aliphatic carbocycles. The van der Waals surface area contributed by atoms with E-state index in [1.807, 2.05) is 11.9 Å². The predicted molar refractivity (Wildman–Crippen MR) is 134 cm³/mol. The average molecular weight is 600 g/mol. The highest BCUT2D eigenvalue weighted by molar-refractivity contribution is 9.10. The van der Waals surface area contributed by atoms with Crippen LogP contribution in [0.25, 0.3) is 0 Å². The molecule has 1 aromatic heterocycles. The molecule has 188 valence electrons. The lowest BCUT2D eigenvalue weighted by Gasteiger charge is -2.20. The Morgan fingerprint density at radius 1 is 1.18 bits per heavy atom. The van der Waals surface area contributed by atoms with Crippen LogP contribution in [0.4, 0.5) is 18.9 Å². The summed E-state index contributed by atoms with van der Waals surface area (Å²) in [5.41, 5.74) is -0.893. The normalized spacial score (nSPS) is 20.6. The maximum absolute atomic E-state index is 13.5. The third-order valence-corrected chi connectivity index (χ3v) is 11.6.